The van der Waals surface area contributed by atoms with Gasteiger partial charge < -0.3 is 10.5 Å². The molecule has 0 radical (unpaired) electrons. The number of aryl methyl sites for hydroxylation is 1. The lowest BCUT2D eigenvalue weighted by Gasteiger charge is -2.09. The SMILES string of the molecule is Cc1cc(C(N)=S)cc(Oc2cccc(Cl)c2Cl)n1. The molecule has 0 saturated carbocycles. The highest BCUT2D eigenvalue weighted by Gasteiger charge is 2.09. The molecule has 0 bridgehead atoms. The minimum absolute atomic E-state index is 0.285. The molecular formula is C13H10Cl2N2OS. The smallest absolute Gasteiger partial charge is 0.220 e. The van der Waals surface area contributed by atoms with Crippen LogP contribution in [0.1, 0.15) is 11.3 Å². The largest absolute Gasteiger partial charge is 0.437 e. The van der Waals surface area contributed by atoms with Gasteiger partial charge in [0.1, 0.15) is 15.8 Å². The summed E-state index contributed by atoms with van der Waals surface area (Å²) in [6.07, 6.45) is 0. The van der Waals surface area contributed by atoms with E-state index in [1.54, 1.807) is 30.3 Å². The van der Waals surface area contributed by atoms with Gasteiger partial charge in [-0.25, -0.2) is 4.98 Å². The van der Waals surface area contributed by atoms with E-state index in [2.05, 4.69) is 4.98 Å². The summed E-state index contributed by atoms with van der Waals surface area (Å²) in [5.41, 5.74) is 7.04. The van der Waals surface area contributed by atoms with Crippen molar-refractivity contribution in [1.29, 1.82) is 0 Å². The Bertz CT molecular complexity index is 647. The van der Waals surface area contributed by atoms with E-state index in [1.165, 1.54) is 0 Å². The molecule has 1 aromatic heterocycles. The minimum atomic E-state index is 0.285. The van der Waals surface area contributed by atoms with Crippen LogP contribution in [0.5, 0.6) is 11.6 Å². The van der Waals surface area contributed by atoms with Gasteiger partial charge in [0.05, 0.1) is 5.02 Å². The number of rotatable bonds is 3. The number of nitrogens with zero attached hydrogens (tertiary/aromatic N) is 1. The molecule has 2 N–H and O–H groups in total. The molecule has 0 aliphatic carbocycles. The maximum absolute atomic E-state index is 6.05. The first-order chi connectivity index (χ1) is 8.97. The zero-order valence-electron chi connectivity index (χ0n) is 9.98. The molecule has 0 aliphatic heterocycles. The van der Waals surface area contributed by atoms with Crippen molar-refractivity contribution >= 4 is 40.4 Å². The summed E-state index contributed by atoms with van der Waals surface area (Å²) >= 11 is 16.9. The Morgan fingerprint density at radius 3 is 2.74 bits per heavy atom. The number of thiocarbonyl (C=S) groups is 1. The Labute approximate surface area is 126 Å². The summed E-state index contributed by atoms with van der Waals surface area (Å²) in [4.78, 5) is 4.53. The molecule has 0 fully saturated rings. The van der Waals surface area contributed by atoms with E-state index >= 15 is 0 Å². The van der Waals surface area contributed by atoms with Crippen LogP contribution in [0.3, 0.4) is 0 Å². The lowest BCUT2D eigenvalue weighted by Crippen LogP contribution is -2.10. The average Bonchev–Trinajstić information content (AvgIpc) is 2.34. The summed E-state index contributed by atoms with van der Waals surface area (Å²) in [6, 6.07) is 8.58. The Balaban J connectivity index is 2.38. The number of halogens is 2. The lowest BCUT2D eigenvalue weighted by atomic mass is 10.2. The lowest BCUT2D eigenvalue weighted by molar-refractivity contribution is 0.462. The second-order valence-electron chi connectivity index (χ2n) is 3.85. The van der Waals surface area contributed by atoms with E-state index in [9.17, 15) is 0 Å². The van der Waals surface area contributed by atoms with Crippen LogP contribution in [0, 0.1) is 6.92 Å². The third kappa shape index (κ3) is 3.35. The molecule has 2 aromatic rings. The Hall–Kier alpha value is -1.36. The zero-order chi connectivity index (χ0) is 14.0. The monoisotopic (exact) mass is 312 g/mol. The van der Waals surface area contributed by atoms with Crippen LogP contribution in [-0.2, 0) is 0 Å². The number of benzene rings is 1. The fourth-order valence-corrected chi connectivity index (χ4v) is 1.96. The Kier molecular flexibility index (Phi) is 4.24. The van der Waals surface area contributed by atoms with Gasteiger partial charge in [-0.1, -0.05) is 41.5 Å². The molecule has 1 aromatic carbocycles. The van der Waals surface area contributed by atoms with Crippen molar-refractivity contribution in [2.75, 3.05) is 0 Å². The van der Waals surface area contributed by atoms with Crippen LogP contribution >= 0.6 is 35.4 Å². The highest BCUT2D eigenvalue weighted by atomic mass is 35.5. The summed E-state index contributed by atoms with van der Waals surface area (Å²) in [5, 5.41) is 0.755. The van der Waals surface area contributed by atoms with Crippen LogP contribution in [0.25, 0.3) is 0 Å². The van der Waals surface area contributed by atoms with Crippen molar-refractivity contribution < 1.29 is 4.74 Å². The van der Waals surface area contributed by atoms with Crippen molar-refractivity contribution in [3.63, 3.8) is 0 Å². The third-order valence-corrected chi connectivity index (χ3v) is 3.38. The third-order valence-electron chi connectivity index (χ3n) is 2.35. The van der Waals surface area contributed by atoms with Crippen LogP contribution < -0.4 is 10.5 Å². The molecule has 0 amide bonds. The van der Waals surface area contributed by atoms with E-state index < -0.39 is 0 Å². The fourth-order valence-electron chi connectivity index (χ4n) is 1.51. The van der Waals surface area contributed by atoms with Gasteiger partial charge in [0.25, 0.3) is 0 Å². The highest BCUT2D eigenvalue weighted by Crippen LogP contribution is 2.34. The number of pyridine rings is 1. The van der Waals surface area contributed by atoms with Gasteiger partial charge in [-0.05, 0) is 25.1 Å². The van der Waals surface area contributed by atoms with Crippen molar-refractivity contribution in [1.82, 2.24) is 4.98 Å². The quantitative estimate of drug-likeness (QED) is 0.866. The molecule has 2 rings (SSSR count). The number of ether oxygens (including phenoxy) is 1. The number of nitrogens with two attached hydrogens (primary N) is 1. The van der Waals surface area contributed by atoms with Gasteiger partial charge in [0.15, 0.2) is 0 Å². The van der Waals surface area contributed by atoms with Crippen LogP contribution in [0.4, 0.5) is 0 Å². The van der Waals surface area contributed by atoms with Gasteiger partial charge in [-0.3, -0.25) is 0 Å². The van der Waals surface area contributed by atoms with Gasteiger partial charge in [0.2, 0.25) is 5.88 Å². The van der Waals surface area contributed by atoms with Crippen LogP contribution in [0.2, 0.25) is 10.0 Å². The maximum atomic E-state index is 6.05. The maximum Gasteiger partial charge on any atom is 0.220 e. The molecule has 3 nitrogen and oxygen atoms in total. The van der Waals surface area contributed by atoms with E-state index in [-0.39, 0.29) is 4.99 Å². The van der Waals surface area contributed by atoms with E-state index in [0.29, 0.717) is 27.2 Å². The van der Waals surface area contributed by atoms with Crippen molar-refractivity contribution in [3.05, 3.63) is 51.6 Å². The predicted molar refractivity (Wildman–Crippen MR) is 81.4 cm³/mol. The van der Waals surface area contributed by atoms with E-state index in [0.717, 1.165) is 5.69 Å². The van der Waals surface area contributed by atoms with Gasteiger partial charge in [-0.2, -0.15) is 0 Å². The molecule has 0 aliphatic rings. The normalized spacial score (nSPS) is 10.3. The van der Waals surface area contributed by atoms with E-state index in [4.69, 9.17) is 45.9 Å². The van der Waals surface area contributed by atoms with Gasteiger partial charge >= 0.3 is 0 Å². The molecular weight excluding hydrogens is 303 g/mol. The summed E-state index contributed by atoms with van der Waals surface area (Å²) in [5.74, 6) is 0.799. The molecule has 1 heterocycles. The molecule has 0 spiro atoms. The first-order valence-electron chi connectivity index (χ1n) is 5.37. The highest BCUT2D eigenvalue weighted by molar-refractivity contribution is 7.80. The predicted octanol–water partition coefficient (Wildman–Crippen LogP) is 4.12. The Morgan fingerprint density at radius 2 is 2.05 bits per heavy atom. The van der Waals surface area contributed by atoms with Crippen molar-refractivity contribution in [2.45, 2.75) is 6.92 Å². The average molecular weight is 313 g/mol. The Morgan fingerprint density at radius 1 is 1.32 bits per heavy atom. The number of hydrogen-bond donors (Lipinski definition) is 1. The zero-order valence-corrected chi connectivity index (χ0v) is 12.3. The fraction of sp³-hybridized carbons (Fsp3) is 0.0769. The molecule has 19 heavy (non-hydrogen) atoms. The molecule has 98 valence electrons. The molecule has 0 saturated heterocycles. The topological polar surface area (TPSA) is 48.1 Å². The second kappa shape index (κ2) is 5.74. The van der Waals surface area contributed by atoms with Crippen LogP contribution in [0.15, 0.2) is 30.3 Å². The number of hydrogen-bond acceptors (Lipinski definition) is 3. The first-order valence-corrected chi connectivity index (χ1v) is 6.54. The second-order valence-corrected chi connectivity index (χ2v) is 5.08. The molecule has 6 heteroatoms. The van der Waals surface area contributed by atoms with Gasteiger partial charge in [0, 0.05) is 17.3 Å². The summed E-state index contributed by atoms with van der Waals surface area (Å²) < 4.78 is 5.62. The van der Waals surface area contributed by atoms with Crippen molar-refractivity contribution in [3.8, 4) is 11.6 Å². The van der Waals surface area contributed by atoms with Crippen molar-refractivity contribution in [2.24, 2.45) is 5.73 Å². The standard InChI is InChI=1S/C13H10Cl2N2OS/c1-7-5-8(13(16)19)6-11(17-7)18-10-4-2-3-9(14)12(10)15/h2-6H,1H3,(H2,16,19). The van der Waals surface area contributed by atoms with E-state index in [1.807, 2.05) is 6.92 Å². The summed E-state index contributed by atoms with van der Waals surface area (Å²) in [6.45, 7) is 1.83. The molecule has 0 unspecified atom stereocenters. The summed E-state index contributed by atoms with van der Waals surface area (Å²) in [7, 11) is 0. The van der Waals surface area contributed by atoms with Crippen LogP contribution in [-0.4, -0.2) is 9.97 Å². The minimum Gasteiger partial charge on any atom is -0.437 e. The van der Waals surface area contributed by atoms with Gasteiger partial charge in [-0.15, -0.1) is 0 Å². The number of aromatic nitrogens is 1. The molecule has 0 atom stereocenters. The first kappa shape index (κ1) is 14.1.